The van der Waals surface area contributed by atoms with Gasteiger partial charge in [0.2, 0.25) is 6.10 Å². The Bertz CT molecular complexity index is 873. The number of hydrogen-bond donors (Lipinski definition) is 1. The third-order valence-corrected chi connectivity index (χ3v) is 4.73. The molecule has 2 N–H and O–H groups in total. The lowest BCUT2D eigenvalue weighted by Gasteiger charge is -2.14. The predicted octanol–water partition coefficient (Wildman–Crippen LogP) is 2.41. The Balaban J connectivity index is 1.70. The molecule has 8 heteroatoms. The first-order chi connectivity index (χ1) is 14.0. The van der Waals surface area contributed by atoms with Gasteiger partial charge in [0.1, 0.15) is 12.4 Å². The highest BCUT2D eigenvalue weighted by Crippen LogP contribution is 2.29. The van der Waals surface area contributed by atoms with Crippen molar-refractivity contribution in [2.75, 3.05) is 31.8 Å². The number of cyclic esters (lactones) is 1. The van der Waals surface area contributed by atoms with Crippen molar-refractivity contribution in [3.63, 3.8) is 0 Å². The van der Waals surface area contributed by atoms with E-state index >= 15 is 0 Å². The number of rotatable bonds is 8. The molecule has 1 aliphatic rings. The molecule has 29 heavy (non-hydrogen) atoms. The number of esters is 1. The molecule has 1 heterocycles. The number of methoxy groups -OCH3 is 1. The molecule has 1 atom stereocenters. The summed E-state index contributed by atoms with van der Waals surface area (Å²) < 4.78 is 36.4. The SMILES string of the molecule is COC(=O)[C@H]1CN(c2ccc(-c3ccc(C[NH2+]CCCF)cc3)c(F)c2)C(=O)O1. The van der Waals surface area contributed by atoms with Crippen LogP contribution in [0, 0.1) is 5.82 Å². The average molecular weight is 405 g/mol. The van der Waals surface area contributed by atoms with Crippen LogP contribution in [0.2, 0.25) is 0 Å². The van der Waals surface area contributed by atoms with Gasteiger partial charge in [0.05, 0.1) is 32.6 Å². The van der Waals surface area contributed by atoms with Crippen molar-refractivity contribution in [1.82, 2.24) is 0 Å². The zero-order valence-corrected chi connectivity index (χ0v) is 16.1. The zero-order valence-electron chi connectivity index (χ0n) is 16.1. The van der Waals surface area contributed by atoms with E-state index in [0.717, 1.165) is 18.7 Å². The van der Waals surface area contributed by atoms with Crippen LogP contribution >= 0.6 is 0 Å². The number of anilines is 1. The Hall–Kier alpha value is -3.00. The Morgan fingerprint density at radius 2 is 2.03 bits per heavy atom. The van der Waals surface area contributed by atoms with Crippen LogP contribution in [0.15, 0.2) is 42.5 Å². The number of alkyl halides is 1. The molecule has 154 valence electrons. The van der Waals surface area contributed by atoms with Crippen LogP contribution in [-0.4, -0.2) is 45.0 Å². The summed E-state index contributed by atoms with van der Waals surface area (Å²) in [7, 11) is 1.21. The Morgan fingerprint density at radius 1 is 1.28 bits per heavy atom. The summed E-state index contributed by atoms with van der Waals surface area (Å²) in [5.74, 6) is -1.14. The lowest BCUT2D eigenvalue weighted by atomic mass is 10.0. The highest BCUT2D eigenvalue weighted by molar-refractivity contribution is 5.94. The van der Waals surface area contributed by atoms with E-state index in [1.54, 1.807) is 12.1 Å². The molecule has 0 unspecified atom stereocenters. The van der Waals surface area contributed by atoms with Crippen molar-refractivity contribution >= 4 is 17.7 Å². The molecule has 0 radical (unpaired) electrons. The molecule has 2 aromatic rings. The quantitative estimate of drug-likeness (QED) is 0.541. The molecule has 0 bridgehead atoms. The third-order valence-electron chi connectivity index (χ3n) is 4.73. The lowest BCUT2D eigenvalue weighted by Crippen LogP contribution is -2.82. The van der Waals surface area contributed by atoms with Gasteiger partial charge < -0.3 is 14.8 Å². The van der Waals surface area contributed by atoms with Crippen LogP contribution in [0.3, 0.4) is 0 Å². The maximum absolute atomic E-state index is 14.7. The smallest absolute Gasteiger partial charge is 0.415 e. The number of amides is 1. The number of halogens is 2. The minimum Gasteiger partial charge on any atom is -0.466 e. The summed E-state index contributed by atoms with van der Waals surface area (Å²) in [4.78, 5) is 24.7. The van der Waals surface area contributed by atoms with Gasteiger partial charge in [-0.25, -0.2) is 14.0 Å². The topological polar surface area (TPSA) is 72.5 Å². The van der Waals surface area contributed by atoms with E-state index in [1.165, 1.54) is 18.1 Å². The van der Waals surface area contributed by atoms with E-state index in [1.807, 2.05) is 29.6 Å². The van der Waals surface area contributed by atoms with E-state index in [0.29, 0.717) is 23.2 Å². The standard InChI is InChI=1S/C21H22F2N2O4/c1-28-20(26)19-13-25(21(27)29-19)16-7-8-17(18(23)11-16)15-5-3-14(4-6-15)12-24-10-2-9-22/h3-8,11,19,24H,2,9-10,12-13H2,1H3/p+1/t19-/m1/s1. The molecule has 0 saturated carbocycles. The number of nitrogens with two attached hydrogens (primary N) is 1. The van der Waals surface area contributed by atoms with E-state index in [9.17, 15) is 18.4 Å². The van der Waals surface area contributed by atoms with Gasteiger partial charge in [-0.3, -0.25) is 9.29 Å². The molecule has 0 aliphatic carbocycles. The van der Waals surface area contributed by atoms with Crippen LogP contribution in [-0.2, 0) is 20.8 Å². The van der Waals surface area contributed by atoms with Crippen LogP contribution < -0.4 is 10.2 Å². The van der Waals surface area contributed by atoms with Crippen LogP contribution in [0.4, 0.5) is 19.3 Å². The molecular weight excluding hydrogens is 382 g/mol. The number of hydrogen-bond acceptors (Lipinski definition) is 4. The molecule has 6 nitrogen and oxygen atoms in total. The van der Waals surface area contributed by atoms with Crippen molar-refractivity contribution in [2.45, 2.75) is 19.1 Å². The van der Waals surface area contributed by atoms with Crippen LogP contribution in [0.25, 0.3) is 11.1 Å². The number of nitrogens with zero attached hydrogens (tertiary/aromatic N) is 1. The van der Waals surface area contributed by atoms with Gasteiger partial charge in [-0.2, -0.15) is 0 Å². The fraction of sp³-hybridized carbons (Fsp3) is 0.333. The maximum atomic E-state index is 14.7. The highest BCUT2D eigenvalue weighted by atomic mass is 19.1. The molecule has 0 spiro atoms. The van der Waals surface area contributed by atoms with Crippen molar-refractivity contribution in [3.8, 4) is 11.1 Å². The monoisotopic (exact) mass is 405 g/mol. The summed E-state index contributed by atoms with van der Waals surface area (Å²) in [6.45, 7) is 1.12. The summed E-state index contributed by atoms with van der Waals surface area (Å²) in [6, 6.07) is 11.9. The number of carbonyl (C=O) groups excluding carboxylic acids is 2. The van der Waals surface area contributed by atoms with Crippen LogP contribution in [0.1, 0.15) is 12.0 Å². The van der Waals surface area contributed by atoms with Gasteiger partial charge in [0, 0.05) is 17.5 Å². The Morgan fingerprint density at radius 3 is 2.69 bits per heavy atom. The first kappa shape index (κ1) is 20.7. The molecule has 1 aliphatic heterocycles. The van der Waals surface area contributed by atoms with Gasteiger partial charge in [0.25, 0.3) is 0 Å². The van der Waals surface area contributed by atoms with E-state index < -0.39 is 24.0 Å². The predicted molar refractivity (Wildman–Crippen MR) is 103 cm³/mol. The fourth-order valence-corrected chi connectivity index (χ4v) is 3.14. The second-order valence-corrected chi connectivity index (χ2v) is 6.69. The molecule has 2 aromatic carbocycles. The number of benzene rings is 2. The molecule has 1 fully saturated rings. The van der Waals surface area contributed by atoms with Crippen molar-refractivity contribution in [3.05, 3.63) is 53.8 Å². The minimum atomic E-state index is -1.02. The summed E-state index contributed by atoms with van der Waals surface area (Å²) in [5.41, 5.74) is 2.48. The summed E-state index contributed by atoms with van der Waals surface area (Å²) in [6.07, 6.45) is -1.22. The lowest BCUT2D eigenvalue weighted by molar-refractivity contribution is -0.670. The van der Waals surface area contributed by atoms with E-state index in [4.69, 9.17) is 4.74 Å². The number of carbonyl (C=O) groups is 2. The van der Waals surface area contributed by atoms with Gasteiger partial charge in [0.15, 0.2) is 0 Å². The molecule has 1 saturated heterocycles. The van der Waals surface area contributed by atoms with Crippen molar-refractivity contribution in [2.24, 2.45) is 0 Å². The zero-order chi connectivity index (χ0) is 20.8. The number of ether oxygens (including phenoxy) is 2. The second kappa shape index (κ2) is 9.47. The molecule has 0 aromatic heterocycles. The first-order valence-corrected chi connectivity index (χ1v) is 9.36. The first-order valence-electron chi connectivity index (χ1n) is 9.36. The maximum Gasteiger partial charge on any atom is 0.415 e. The van der Waals surface area contributed by atoms with Gasteiger partial charge >= 0.3 is 12.1 Å². The largest absolute Gasteiger partial charge is 0.466 e. The highest BCUT2D eigenvalue weighted by Gasteiger charge is 2.37. The van der Waals surface area contributed by atoms with Crippen LogP contribution in [0.5, 0.6) is 0 Å². The second-order valence-electron chi connectivity index (χ2n) is 6.69. The van der Waals surface area contributed by atoms with Crippen molar-refractivity contribution < 1.29 is 33.2 Å². The normalized spacial score (nSPS) is 16.0. The average Bonchev–Trinajstić information content (AvgIpc) is 3.13. The molecule has 3 rings (SSSR count). The molecular formula is C21H23F2N2O4+. The fourth-order valence-electron chi connectivity index (χ4n) is 3.14. The van der Waals surface area contributed by atoms with Crippen molar-refractivity contribution in [1.29, 1.82) is 0 Å². The van der Waals surface area contributed by atoms with Gasteiger partial charge in [-0.05, 0) is 23.8 Å². The number of quaternary nitrogens is 1. The van der Waals surface area contributed by atoms with E-state index in [-0.39, 0.29) is 13.2 Å². The third kappa shape index (κ3) is 4.89. The summed E-state index contributed by atoms with van der Waals surface area (Å²) >= 11 is 0. The molecule has 1 amide bonds. The van der Waals surface area contributed by atoms with Gasteiger partial charge in [-0.1, -0.05) is 24.3 Å². The Labute approximate surface area is 167 Å². The Kier molecular flexibility index (Phi) is 6.77. The summed E-state index contributed by atoms with van der Waals surface area (Å²) in [5, 5.41) is 2.03. The van der Waals surface area contributed by atoms with E-state index in [2.05, 4.69) is 4.74 Å². The van der Waals surface area contributed by atoms with Gasteiger partial charge in [-0.15, -0.1) is 0 Å². The minimum absolute atomic E-state index is 0.0299.